The van der Waals surface area contributed by atoms with Gasteiger partial charge in [-0.05, 0) is 19.1 Å². The maximum absolute atomic E-state index is 11.4. The Morgan fingerprint density at radius 3 is 2.81 bits per heavy atom. The van der Waals surface area contributed by atoms with E-state index in [1.807, 2.05) is 0 Å². The molecule has 0 radical (unpaired) electrons. The second-order valence-electron chi connectivity index (χ2n) is 2.87. The molecule has 0 aliphatic heterocycles. The molecule has 0 bridgehead atoms. The van der Waals surface area contributed by atoms with Gasteiger partial charge in [-0.2, -0.15) is 5.26 Å². The first kappa shape index (κ1) is 11.7. The molecule has 0 aliphatic carbocycles. The molecule has 0 aromatic heterocycles. The van der Waals surface area contributed by atoms with Gasteiger partial charge in [-0.1, -0.05) is 0 Å². The van der Waals surface area contributed by atoms with Crippen LogP contribution >= 0.6 is 0 Å². The molecule has 0 aliphatic rings. The molecule has 1 aromatic carbocycles. The van der Waals surface area contributed by atoms with Crippen molar-refractivity contribution in [1.82, 2.24) is 0 Å². The Morgan fingerprint density at radius 1 is 1.62 bits per heavy atom. The number of esters is 1. The van der Waals surface area contributed by atoms with Gasteiger partial charge < -0.3 is 9.84 Å². The summed E-state index contributed by atoms with van der Waals surface area (Å²) in [7, 11) is 0. The molecule has 5 nitrogen and oxygen atoms in total. The minimum atomic E-state index is -0.692. The Kier molecular flexibility index (Phi) is 3.62. The number of rotatable bonds is 3. The van der Waals surface area contributed by atoms with Crippen molar-refractivity contribution >= 4 is 12.3 Å². The molecule has 5 heteroatoms. The van der Waals surface area contributed by atoms with Gasteiger partial charge in [0.05, 0.1) is 23.3 Å². The number of phenolic OH excluding ortho intramolecular Hbond substituents is 1. The first-order valence-electron chi connectivity index (χ1n) is 4.54. The number of hydrogen-bond acceptors (Lipinski definition) is 5. The van der Waals surface area contributed by atoms with Crippen molar-refractivity contribution in [2.75, 3.05) is 6.61 Å². The lowest BCUT2D eigenvalue weighted by molar-refractivity contribution is 0.0526. The molecule has 0 heterocycles. The molecule has 1 aromatic rings. The number of benzene rings is 1. The fourth-order valence-corrected chi connectivity index (χ4v) is 1.23. The summed E-state index contributed by atoms with van der Waals surface area (Å²) in [6, 6.07) is 4.13. The summed E-state index contributed by atoms with van der Waals surface area (Å²) in [6.45, 7) is 1.80. The monoisotopic (exact) mass is 219 g/mol. The van der Waals surface area contributed by atoms with Crippen LogP contribution in [0.1, 0.15) is 33.2 Å². The number of ether oxygens (including phenoxy) is 1. The van der Waals surface area contributed by atoms with Crippen LogP contribution in [0.2, 0.25) is 0 Å². The zero-order chi connectivity index (χ0) is 12.1. The summed E-state index contributed by atoms with van der Waals surface area (Å²) in [5.41, 5.74) is -0.397. The van der Waals surface area contributed by atoms with Gasteiger partial charge in [-0.25, -0.2) is 4.79 Å². The summed E-state index contributed by atoms with van der Waals surface area (Å²) in [6.07, 6.45) is 0.330. The van der Waals surface area contributed by atoms with E-state index in [1.54, 1.807) is 13.0 Å². The van der Waals surface area contributed by atoms with Crippen molar-refractivity contribution in [3.8, 4) is 11.8 Å². The number of aromatic hydroxyl groups is 1. The fourth-order valence-electron chi connectivity index (χ4n) is 1.23. The van der Waals surface area contributed by atoms with Crippen LogP contribution in [-0.4, -0.2) is 24.0 Å². The molecule has 16 heavy (non-hydrogen) atoms. The van der Waals surface area contributed by atoms with Crippen LogP contribution in [0, 0.1) is 11.3 Å². The number of phenols is 1. The SMILES string of the molecule is CCOC(=O)c1ccc(O)c(C=O)c1C#N. The number of aldehydes is 1. The lowest BCUT2D eigenvalue weighted by Gasteiger charge is -2.06. The largest absolute Gasteiger partial charge is 0.507 e. The number of nitriles is 1. The van der Waals surface area contributed by atoms with Crippen molar-refractivity contribution < 1.29 is 19.4 Å². The van der Waals surface area contributed by atoms with Gasteiger partial charge in [0.25, 0.3) is 0 Å². The van der Waals surface area contributed by atoms with E-state index in [-0.39, 0.29) is 29.0 Å². The van der Waals surface area contributed by atoms with Crippen molar-refractivity contribution in [3.05, 3.63) is 28.8 Å². The van der Waals surface area contributed by atoms with E-state index in [0.717, 1.165) is 0 Å². The van der Waals surface area contributed by atoms with Gasteiger partial charge in [0, 0.05) is 0 Å². The van der Waals surface area contributed by atoms with Gasteiger partial charge >= 0.3 is 5.97 Å². The molecule has 0 saturated heterocycles. The third-order valence-electron chi connectivity index (χ3n) is 1.95. The van der Waals surface area contributed by atoms with Gasteiger partial charge in [-0.3, -0.25) is 4.79 Å². The van der Waals surface area contributed by atoms with E-state index >= 15 is 0 Å². The molecule has 0 amide bonds. The van der Waals surface area contributed by atoms with Gasteiger partial charge in [0.15, 0.2) is 6.29 Å². The van der Waals surface area contributed by atoms with E-state index < -0.39 is 5.97 Å². The number of carbonyl (C=O) groups excluding carboxylic acids is 2. The maximum Gasteiger partial charge on any atom is 0.339 e. The lowest BCUT2D eigenvalue weighted by Crippen LogP contribution is -2.08. The topological polar surface area (TPSA) is 87.4 Å². The van der Waals surface area contributed by atoms with Gasteiger partial charge in [0.1, 0.15) is 11.8 Å². The van der Waals surface area contributed by atoms with E-state index in [2.05, 4.69) is 0 Å². The van der Waals surface area contributed by atoms with Crippen LogP contribution in [0.4, 0.5) is 0 Å². The Labute approximate surface area is 91.9 Å². The van der Waals surface area contributed by atoms with Crippen molar-refractivity contribution in [3.63, 3.8) is 0 Å². The zero-order valence-corrected chi connectivity index (χ0v) is 8.56. The third kappa shape index (κ3) is 2.01. The van der Waals surface area contributed by atoms with Gasteiger partial charge in [-0.15, -0.1) is 0 Å². The van der Waals surface area contributed by atoms with Crippen molar-refractivity contribution in [2.24, 2.45) is 0 Å². The third-order valence-corrected chi connectivity index (χ3v) is 1.95. The highest BCUT2D eigenvalue weighted by molar-refractivity contribution is 5.97. The van der Waals surface area contributed by atoms with Crippen molar-refractivity contribution in [2.45, 2.75) is 6.92 Å². The second-order valence-corrected chi connectivity index (χ2v) is 2.87. The zero-order valence-electron chi connectivity index (χ0n) is 8.56. The molecule has 1 N–H and O–H groups in total. The van der Waals surface area contributed by atoms with Crippen LogP contribution in [0.25, 0.3) is 0 Å². The Morgan fingerprint density at radius 2 is 2.31 bits per heavy atom. The Bertz CT molecular complexity index is 474. The smallest absolute Gasteiger partial charge is 0.339 e. The molecule has 0 saturated carbocycles. The predicted molar refractivity (Wildman–Crippen MR) is 54.2 cm³/mol. The van der Waals surface area contributed by atoms with Crippen LogP contribution in [-0.2, 0) is 4.74 Å². The first-order chi connectivity index (χ1) is 7.65. The summed E-state index contributed by atoms with van der Waals surface area (Å²) in [4.78, 5) is 22.1. The minimum Gasteiger partial charge on any atom is -0.507 e. The van der Waals surface area contributed by atoms with Gasteiger partial charge in [0.2, 0.25) is 0 Å². The normalized spacial score (nSPS) is 9.25. The molecule has 0 unspecified atom stereocenters. The second kappa shape index (κ2) is 4.94. The van der Waals surface area contributed by atoms with Crippen molar-refractivity contribution in [1.29, 1.82) is 5.26 Å². The standard InChI is InChI=1S/C11H9NO4/c1-2-16-11(15)7-3-4-10(14)9(6-13)8(7)5-12/h3-4,6,14H,2H2,1H3. The molecule has 0 atom stereocenters. The van der Waals surface area contributed by atoms with E-state index in [1.165, 1.54) is 12.1 Å². The van der Waals surface area contributed by atoms with E-state index in [0.29, 0.717) is 6.29 Å². The number of hydrogen-bond donors (Lipinski definition) is 1. The molecule has 0 fully saturated rings. The molecule has 0 spiro atoms. The fraction of sp³-hybridized carbons (Fsp3) is 0.182. The van der Waals surface area contributed by atoms with Crippen LogP contribution in [0.3, 0.4) is 0 Å². The van der Waals surface area contributed by atoms with E-state index in [4.69, 9.17) is 10.00 Å². The number of nitrogens with zero attached hydrogens (tertiary/aromatic N) is 1. The Hall–Kier alpha value is -2.35. The highest BCUT2D eigenvalue weighted by Crippen LogP contribution is 2.22. The minimum absolute atomic E-state index is 0.0238. The summed E-state index contributed by atoms with van der Waals surface area (Å²) >= 11 is 0. The summed E-state index contributed by atoms with van der Waals surface area (Å²) < 4.78 is 4.72. The average Bonchev–Trinajstić information content (AvgIpc) is 2.28. The molecule has 82 valence electrons. The first-order valence-corrected chi connectivity index (χ1v) is 4.54. The molecular formula is C11H9NO4. The predicted octanol–water partition coefficient (Wildman–Crippen LogP) is 1.25. The van der Waals surface area contributed by atoms with Crippen LogP contribution in [0.15, 0.2) is 12.1 Å². The summed E-state index contributed by atoms with van der Waals surface area (Å²) in [5.74, 6) is -1.03. The highest BCUT2D eigenvalue weighted by atomic mass is 16.5. The average molecular weight is 219 g/mol. The molecular weight excluding hydrogens is 210 g/mol. The lowest BCUT2D eigenvalue weighted by atomic mass is 10.0. The highest BCUT2D eigenvalue weighted by Gasteiger charge is 2.18. The summed E-state index contributed by atoms with van der Waals surface area (Å²) in [5, 5.41) is 18.2. The van der Waals surface area contributed by atoms with Crippen LogP contribution in [0.5, 0.6) is 5.75 Å². The Balaban J connectivity index is 3.37. The van der Waals surface area contributed by atoms with E-state index in [9.17, 15) is 14.7 Å². The van der Waals surface area contributed by atoms with Crippen LogP contribution < -0.4 is 0 Å². The quantitative estimate of drug-likeness (QED) is 0.610. The maximum atomic E-state index is 11.4. The molecule has 1 rings (SSSR count). The number of carbonyl (C=O) groups is 2.